The zero-order valence-electron chi connectivity index (χ0n) is 38.9. The van der Waals surface area contributed by atoms with Crippen molar-refractivity contribution >= 4 is 82.5 Å². The Bertz CT molecular complexity index is 3490. The van der Waals surface area contributed by atoms with Gasteiger partial charge in [0.05, 0.1) is 39.5 Å². The SMILES string of the molecule is CO[C@@H]1C(O)[C@H]([n+]2cn(C)c3c(=O)[nH]c(N)nc32)O[C@@H]1COP(=O)(O)OP(=O)(O)OP(=O)(O)OC[C@H]1O[C@@H](n2cnc3c(N)ncnc32)[C@@H](OC)C1OP(=O)([O-])OC[C@H]1O[C@@H](n2cnc3c(=O)[nH]c(N)nc32)[C@@H](O)C1O. The van der Waals surface area contributed by atoms with Crippen molar-refractivity contribution in [3.63, 3.8) is 0 Å². The van der Waals surface area contributed by atoms with Crippen LogP contribution in [0.1, 0.15) is 18.7 Å². The van der Waals surface area contributed by atoms with E-state index in [-0.39, 0.29) is 51.2 Å². The number of phosphoric ester groups is 3. The fourth-order valence-corrected chi connectivity index (χ4v) is 13.0. The number of nitrogens with one attached hydrogen (secondary N) is 2. The number of methoxy groups -OCH3 is 2. The smallest absolute Gasteiger partial charge is 0.490 e. The monoisotopic (exact) mass is 1160 g/mol. The summed E-state index contributed by atoms with van der Waals surface area (Å²) in [5.74, 6) is -0.692. The lowest BCUT2D eigenvalue weighted by Crippen LogP contribution is -2.46. The van der Waals surface area contributed by atoms with E-state index in [4.69, 9.17) is 59.0 Å². The molecule has 14 N–H and O–H groups in total. The van der Waals surface area contributed by atoms with Gasteiger partial charge in [-0.05, 0) is 0 Å². The van der Waals surface area contributed by atoms with Gasteiger partial charge in [0.2, 0.25) is 17.7 Å². The van der Waals surface area contributed by atoms with Gasteiger partial charge in [0.1, 0.15) is 66.8 Å². The molecule has 416 valence electrons. The summed E-state index contributed by atoms with van der Waals surface area (Å²) in [5.41, 5.74) is 15.6. The van der Waals surface area contributed by atoms with Crippen LogP contribution in [0.2, 0.25) is 0 Å². The Hall–Kier alpha value is -5.15. The van der Waals surface area contributed by atoms with Crippen molar-refractivity contribution in [2.24, 2.45) is 7.05 Å². The van der Waals surface area contributed by atoms with Gasteiger partial charge < -0.3 is 84.8 Å². The number of rotatable bonds is 20. The van der Waals surface area contributed by atoms with Crippen molar-refractivity contribution in [3.05, 3.63) is 46.0 Å². The Balaban J connectivity index is 0.866. The molecular formula is C33H45N15O24P4. The summed E-state index contributed by atoms with van der Waals surface area (Å²) in [6.07, 6.45) is -14.8. The molecule has 3 aliphatic rings. The second-order valence-electron chi connectivity index (χ2n) is 16.7. The largest absolute Gasteiger partial charge is 0.756 e. The molecule has 3 aliphatic heterocycles. The summed E-state index contributed by atoms with van der Waals surface area (Å²) in [6, 6.07) is 0. The Morgan fingerprint density at radius 2 is 1.28 bits per heavy atom. The molecule has 9 heterocycles. The molecule has 3 saturated heterocycles. The third-order valence-corrected chi connectivity index (χ3v) is 17.0. The fourth-order valence-electron chi connectivity index (χ4n) is 8.56. The molecule has 76 heavy (non-hydrogen) atoms. The molecule has 6 aromatic heterocycles. The number of imidazole rings is 3. The van der Waals surface area contributed by atoms with Crippen LogP contribution >= 0.6 is 31.3 Å². The van der Waals surface area contributed by atoms with E-state index in [1.54, 1.807) is 0 Å². The molecule has 39 nitrogen and oxygen atoms in total. The first kappa shape index (κ1) is 55.6. The average molecular weight is 1160 g/mol. The van der Waals surface area contributed by atoms with E-state index >= 15 is 0 Å². The summed E-state index contributed by atoms with van der Waals surface area (Å²) in [4.78, 5) is 98.5. The summed E-state index contributed by atoms with van der Waals surface area (Å²) < 4.78 is 115. The molecule has 0 spiro atoms. The third kappa shape index (κ3) is 11.0. The molecule has 6 aromatic rings. The third-order valence-electron chi connectivity index (χ3n) is 11.8. The van der Waals surface area contributed by atoms with Crippen LogP contribution < -0.4 is 37.8 Å². The number of hydrogen-bond acceptors (Lipinski definition) is 30. The number of nitrogen functional groups attached to an aromatic ring is 3. The maximum Gasteiger partial charge on any atom is 0.490 e. The van der Waals surface area contributed by atoms with Gasteiger partial charge in [-0.3, -0.25) is 46.9 Å². The molecule has 9 rings (SSSR count). The number of fused-ring (bicyclic) bond motifs is 3. The van der Waals surface area contributed by atoms with E-state index in [9.17, 15) is 62.7 Å². The Labute approximate surface area is 421 Å². The van der Waals surface area contributed by atoms with E-state index in [1.807, 2.05) is 0 Å². The molecule has 0 saturated carbocycles. The molecule has 0 aliphatic carbocycles. The van der Waals surface area contributed by atoms with Crippen LogP contribution in [-0.2, 0) is 75.7 Å². The fraction of sp³-hybridized carbons (Fsp3) is 0.545. The lowest BCUT2D eigenvalue weighted by molar-refractivity contribution is -0.745. The van der Waals surface area contributed by atoms with E-state index in [0.717, 1.165) is 37.8 Å². The van der Waals surface area contributed by atoms with Crippen LogP contribution in [0, 0.1) is 0 Å². The number of aromatic nitrogens is 12. The second kappa shape index (κ2) is 20.9. The molecule has 3 fully saturated rings. The highest BCUT2D eigenvalue weighted by molar-refractivity contribution is 7.66. The normalized spacial score (nSPS) is 30.2. The standard InChI is InChI=1S/C33H45N15O24P4/c1-45-10-48(26-16(45)28(53)44-33(36)42-26)30-19(51)20(62-2)12(68-30)5-65-74(56,57)71-76(60,61)72-75(58,59)66-6-13-21(22(63-3)31(69-13)46-8-39-14-23(34)37-7-38-24(14)46)70-73(54,55)64-4-11-17(49)18(50)29(67-11)47-9-40-15-25(47)41-32(35)43-27(15)52/h7-13,17-22,29-31,49-51H,4-6H2,1-3H3,(H11-,34,35,36,37,38,41,42,43,44,52,53,54,55,56,57,58,59,60,61)/t11-,12-,13-,17?,18+,19?,20+,21?,22+,29-,30-,31-/m1/s1. The van der Waals surface area contributed by atoms with Crippen LogP contribution in [0.5, 0.6) is 0 Å². The van der Waals surface area contributed by atoms with Gasteiger partial charge in [-0.2, -0.15) is 13.6 Å². The highest BCUT2D eigenvalue weighted by Crippen LogP contribution is 2.68. The predicted octanol–water partition coefficient (Wildman–Crippen LogP) is -4.69. The van der Waals surface area contributed by atoms with Crippen molar-refractivity contribution < 1.29 is 108 Å². The number of hydrogen-bond donors (Lipinski definition) is 11. The van der Waals surface area contributed by atoms with Gasteiger partial charge >= 0.3 is 29.1 Å². The number of anilines is 3. The predicted molar refractivity (Wildman–Crippen MR) is 242 cm³/mol. The van der Waals surface area contributed by atoms with Crippen LogP contribution in [-0.4, -0.2) is 173 Å². The minimum absolute atomic E-state index is 0.00195. The number of nitrogens with zero attached hydrogens (tertiary/aromatic N) is 10. The first-order valence-electron chi connectivity index (χ1n) is 21.5. The number of H-pyrrole nitrogens is 2. The van der Waals surface area contributed by atoms with Crippen molar-refractivity contribution in [1.82, 2.24) is 53.6 Å². The second-order valence-corrected chi connectivity index (χ2v) is 22.7. The Kier molecular flexibility index (Phi) is 15.3. The number of aliphatic hydroxyl groups excluding tert-OH is 3. The lowest BCUT2D eigenvalue weighted by atomic mass is 10.1. The zero-order valence-corrected chi connectivity index (χ0v) is 42.5. The maximum absolute atomic E-state index is 13.6. The van der Waals surface area contributed by atoms with Crippen molar-refractivity contribution in [1.29, 1.82) is 0 Å². The average Bonchev–Trinajstić information content (AvgIpc) is 4.20. The highest BCUT2D eigenvalue weighted by Gasteiger charge is 2.53. The quantitative estimate of drug-likeness (QED) is 0.0253. The molecular weight excluding hydrogens is 1110 g/mol. The van der Waals surface area contributed by atoms with Crippen LogP contribution in [0.4, 0.5) is 17.7 Å². The number of phosphoric acid groups is 4. The van der Waals surface area contributed by atoms with Gasteiger partial charge in [-0.25, -0.2) is 38.2 Å². The van der Waals surface area contributed by atoms with Crippen molar-refractivity contribution in [2.75, 3.05) is 51.2 Å². The van der Waals surface area contributed by atoms with E-state index in [2.05, 4.69) is 48.5 Å². The maximum atomic E-state index is 13.6. The molecule has 7 unspecified atom stereocenters. The van der Waals surface area contributed by atoms with Gasteiger partial charge in [-0.15, -0.1) is 0 Å². The molecule has 0 aromatic carbocycles. The van der Waals surface area contributed by atoms with Crippen LogP contribution in [0.15, 0.2) is 34.9 Å². The van der Waals surface area contributed by atoms with E-state index < -0.39 is 136 Å². The van der Waals surface area contributed by atoms with Gasteiger partial charge in [-0.1, -0.05) is 4.98 Å². The first-order valence-corrected chi connectivity index (χ1v) is 27.5. The van der Waals surface area contributed by atoms with Gasteiger partial charge in [0.15, 0.2) is 41.4 Å². The van der Waals surface area contributed by atoms with Gasteiger partial charge in [0.25, 0.3) is 24.9 Å². The topological polar surface area (TPSA) is 554 Å². The van der Waals surface area contributed by atoms with Crippen LogP contribution in [0.25, 0.3) is 33.5 Å². The van der Waals surface area contributed by atoms with Crippen molar-refractivity contribution in [2.45, 2.75) is 73.6 Å². The van der Waals surface area contributed by atoms with Gasteiger partial charge in [0, 0.05) is 14.2 Å². The van der Waals surface area contributed by atoms with Crippen LogP contribution in [0.3, 0.4) is 0 Å². The number of aliphatic hydroxyl groups is 3. The number of aromatic amines is 2. The van der Waals surface area contributed by atoms with Crippen molar-refractivity contribution in [3.8, 4) is 0 Å². The number of aryl methyl sites for hydroxylation is 1. The minimum atomic E-state index is -6.19. The molecule has 16 atom stereocenters. The summed E-state index contributed by atoms with van der Waals surface area (Å²) in [7, 11) is -20.0. The number of ether oxygens (including phenoxy) is 5. The lowest BCUT2D eigenvalue weighted by Gasteiger charge is -2.31. The highest BCUT2D eigenvalue weighted by atomic mass is 31.3. The minimum Gasteiger partial charge on any atom is -0.756 e. The summed E-state index contributed by atoms with van der Waals surface area (Å²) in [5, 5.41) is 32.8. The summed E-state index contributed by atoms with van der Waals surface area (Å²) >= 11 is 0. The summed E-state index contributed by atoms with van der Waals surface area (Å²) in [6.45, 7) is -3.34. The van der Waals surface area contributed by atoms with E-state index in [0.29, 0.717) is 0 Å². The first-order chi connectivity index (χ1) is 35.7. The number of nitrogens with two attached hydrogens (primary N) is 3. The Morgan fingerprint density at radius 3 is 1.93 bits per heavy atom. The van der Waals surface area contributed by atoms with E-state index in [1.165, 1.54) is 27.1 Å². The molecule has 0 radical (unpaired) electrons. The Morgan fingerprint density at radius 1 is 0.697 bits per heavy atom. The molecule has 0 amide bonds. The molecule has 43 heteroatoms. The zero-order chi connectivity index (χ0) is 55.0. The molecule has 0 bridgehead atoms.